The van der Waals surface area contributed by atoms with Gasteiger partial charge in [0.15, 0.2) is 0 Å². The van der Waals surface area contributed by atoms with Gasteiger partial charge in [-0.05, 0) is 31.4 Å². The average Bonchev–Trinajstić information content (AvgIpc) is 2.72. The SMILES string of the molecule is COC1=C(OC)C(=O)C(Cc2ccc(CCC(=O)NC(C)CO)cc2)=C(C)C1=O. The van der Waals surface area contributed by atoms with Crippen LogP contribution >= 0.6 is 0 Å². The molecule has 0 saturated carbocycles. The lowest BCUT2D eigenvalue weighted by Crippen LogP contribution is -2.35. The molecule has 1 unspecified atom stereocenters. The van der Waals surface area contributed by atoms with Gasteiger partial charge < -0.3 is 19.9 Å². The molecule has 1 aliphatic carbocycles. The third-order valence-corrected chi connectivity index (χ3v) is 4.82. The highest BCUT2D eigenvalue weighted by Crippen LogP contribution is 2.28. The van der Waals surface area contributed by atoms with Gasteiger partial charge in [0, 0.05) is 30.0 Å². The molecular weight excluding hydrogens is 374 g/mol. The highest BCUT2D eigenvalue weighted by Gasteiger charge is 2.34. The fraction of sp³-hybridized carbons (Fsp3) is 0.409. The Bertz CT molecular complexity index is 851. The minimum atomic E-state index is -0.348. The fourth-order valence-electron chi connectivity index (χ4n) is 3.08. The van der Waals surface area contributed by atoms with Crippen molar-refractivity contribution in [2.24, 2.45) is 0 Å². The summed E-state index contributed by atoms with van der Waals surface area (Å²) in [6.07, 6.45) is 1.19. The third-order valence-electron chi connectivity index (χ3n) is 4.82. The lowest BCUT2D eigenvalue weighted by atomic mass is 9.88. The molecule has 0 bridgehead atoms. The molecule has 1 atom stereocenters. The van der Waals surface area contributed by atoms with Crippen LogP contribution in [-0.2, 0) is 36.7 Å². The number of aliphatic hydroxyl groups is 1. The summed E-state index contributed by atoms with van der Waals surface area (Å²) in [5.74, 6) is -0.949. The topological polar surface area (TPSA) is 102 Å². The van der Waals surface area contributed by atoms with Crippen LogP contribution in [0.3, 0.4) is 0 Å². The van der Waals surface area contributed by atoms with E-state index in [1.807, 2.05) is 24.3 Å². The Morgan fingerprint density at radius 2 is 1.59 bits per heavy atom. The molecule has 1 aromatic rings. The Morgan fingerprint density at radius 1 is 1.03 bits per heavy atom. The van der Waals surface area contributed by atoms with Gasteiger partial charge in [0.1, 0.15) is 0 Å². The Kier molecular flexibility index (Phi) is 7.73. The van der Waals surface area contributed by atoms with E-state index in [1.54, 1.807) is 13.8 Å². The van der Waals surface area contributed by atoms with Gasteiger partial charge in [0.2, 0.25) is 29.0 Å². The first-order valence-electron chi connectivity index (χ1n) is 9.41. The lowest BCUT2D eigenvalue weighted by Gasteiger charge is -2.20. The number of hydrogen-bond donors (Lipinski definition) is 2. The van der Waals surface area contributed by atoms with Gasteiger partial charge >= 0.3 is 0 Å². The van der Waals surface area contributed by atoms with Crippen molar-refractivity contribution in [1.29, 1.82) is 0 Å². The lowest BCUT2D eigenvalue weighted by molar-refractivity contribution is -0.122. The predicted molar refractivity (Wildman–Crippen MR) is 107 cm³/mol. The molecule has 2 rings (SSSR count). The second-order valence-corrected chi connectivity index (χ2v) is 6.97. The second kappa shape index (κ2) is 10.0. The summed E-state index contributed by atoms with van der Waals surface area (Å²) in [7, 11) is 2.67. The Labute approximate surface area is 170 Å². The predicted octanol–water partition coefficient (Wildman–Crippen LogP) is 1.63. The minimum Gasteiger partial charge on any atom is -0.489 e. The maximum absolute atomic E-state index is 12.7. The molecule has 7 heteroatoms. The zero-order valence-corrected chi connectivity index (χ0v) is 17.2. The van der Waals surface area contributed by atoms with E-state index in [0.717, 1.165) is 11.1 Å². The van der Waals surface area contributed by atoms with Crippen molar-refractivity contribution in [2.45, 2.75) is 39.2 Å². The molecule has 0 spiro atoms. The number of aryl methyl sites for hydroxylation is 1. The van der Waals surface area contributed by atoms with Crippen molar-refractivity contribution in [2.75, 3.05) is 20.8 Å². The number of methoxy groups -OCH3 is 2. The summed E-state index contributed by atoms with van der Waals surface area (Å²) in [5.41, 5.74) is 2.60. The average molecular weight is 401 g/mol. The number of amides is 1. The van der Waals surface area contributed by atoms with Crippen molar-refractivity contribution >= 4 is 17.5 Å². The molecule has 0 aliphatic heterocycles. The number of ketones is 2. The smallest absolute Gasteiger partial charge is 0.228 e. The molecule has 1 aliphatic rings. The molecule has 29 heavy (non-hydrogen) atoms. The van der Waals surface area contributed by atoms with E-state index < -0.39 is 0 Å². The highest BCUT2D eigenvalue weighted by atomic mass is 16.5. The number of allylic oxidation sites excluding steroid dienone is 2. The van der Waals surface area contributed by atoms with Gasteiger partial charge in [-0.15, -0.1) is 0 Å². The van der Waals surface area contributed by atoms with Crippen molar-refractivity contribution < 1.29 is 29.0 Å². The van der Waals surface area contributed by atoms with Gasteiger partial charge in [-0.2, -0.15) is 0 Å². The van der Waals surface area contributed by atoms with Crippen LogP contribution < -0.4 is 5.32 Å². The quantitative estimate of drug-likeness (QED) is 0.610. The first kappa shape index (κ1) is 22.4. The van der Waals surface area contributed by atoms with Gasteiger partial charge in [0.05, 0.1) is 20.8 Å². The van der Waals surface area contributed by atoms with Crippen LogP contribution in [0.4, 0.5) is 0 Å². The van der Waals surface area contributed by atoms with E-state index in [4.69, 9.17) is 14.6 Å². The molecule has 0 saturated heterocycles. The molecule has 0 heterocycles. The number of Topliss-reactive ketones (excluding diaryl/α,β-unsaturated/α-hetero) is 2. The first-order chi connectivity index (χ1) is 13.8. The van der Waals surface area contributed by atoms with Gasteiger partial charge in [-0.3, -0.25) is 14.4 Å². The normalized spacial score (nSPS) is 15.5. The molecular formula is C22H27NO6. The summed E-state index contributed by atoms with van der Waals surface area (Å²) in [6.45, 7) is 3.25. The number of benzene rings is 1. The van der Waals surface area contributed by atoms with Crippen LogP contribution in [0.25, 0.3) is 0 Å². The Hall–Kier alpha value is -2.93. The summed E-state index contributed by atoms with van der Waals surface area (Å²) in [6, 6.07) is 7.29. The van der Waals surface area contributed by atoms with E-state index in [0.29, 0.717) is 30.4 Å². The maximum atomic E-state index is 12.7. The van der Waals surface area contributed by atoms with Crippen LogP contribution in [0, 0.1) is 0 Å². The van der Waals surface area contributed by atoms with Gasteiger partial charge in [-0.25, -0.2) is 0 Å². The molecule has 2 N–H and O–H groups in total. The monoisotopic (exact) mass is 401 g/mol. The number of hydrogen-bond acceptors (Lipinski definition) is 6. The van der Waals surface area contributed by atoms with Crippen molar-refractivity contribution in [3.63, 3.8) is 0 Å². The van der Waals surface area contributed by atoms with Crippen LogP contribution in [0.5, 0.6) is 0 Å². The Balaban J connectivity index is 2.06. The van der Waals surface area contributed by atoms with E-state index in [2.05, 4.69) is 5.32 Å². The summed E-state index contributed by atoms with van der Waals surface area (Å²) < 4.78 is 10.1. The van der Waals surface area contributed by atoms with E-state index >= 15 is 0 Å². The van der Waals surface area contributed by atoms with Gasteiger partial charge in [-0.1, -0.05) is 24.3 Å². The fourth-order valence-corrected chi connectivity index (χ4v) is 3.08. The number of carbonyl (C=O) groups is 3. The summed E-state index contributed by atoms with van der Waals surface area (Å²) in [5, 5.41) is 11.7. The van der Waals surface area contributed by atoms with E-state index in [1.165, 1.54) is 14.2 Å². The second-order valence-electron chi connectivity index (χ2n) is 6.97. The molecule has 1 aromatic carbocycles. The van der Waals surface area contributed by atoms with Crippen molar-refractivity contribution in [1.82, 2.24) is 5.32 Å². The van der Waals surface area contributed by atoms with E-state index in [9.17, 15) is 14.4 Å². The van der Waals surface area contributed by atoms with Crippen LogP contribution in [0.1, 0.15) is 31.4 Å². The maximum Gasteiger partial charge on any atom is 0.228 e. The Morgan fingerprint density at radius 3 is 2.14 bits per heavy atom. The molecule has 0 aromatic heterocycles. The summed E-state index contributed by atoms with van der Waals surface area (Å²) in [4.78, 5) is 37.0. The van der Waals surface area contributed by atoms with Gasteiger partial charge in [0.25, 0.3) is 0 Å². The highest BCUT2D eigenvalue weighted by molar-refractivity contribution is 6.23. The van der Waals surface area contributed by atoms with Crippen LogP contribution in [-0.4, -0.2) is 49.4 Å². The zero-order valence-electron chi connectivity index (χ0n) is 17.2. The molecule has 1 amide bonds. The third kappa shape index (κ3) is 5.32. The number of carbonyl (C=O) groups excluding carboxylic acids is 3. The van der Waals surface area contributed by atoms with Crippen molar-refractivity contribution in [3.05, 3.63) is 58.1 Å². The van der Waals surface area contributed by atoms with Crippen LogP contribution in [0.15, 0.2) is 46.9 Å². The van der Waals surface area contributed by atoms with Crippen molar-refractivity contribution in [3.8, 4) is 0 Å². The molecule has 156 valence electrons. The number of aliphatic hydroxyl groups excluding tert-OH is 1. The number of rotatable bonds is 9. The zero-order chi connectivity index (χ0) is 21.6. The standard InChI is InChI=1S/C22H27NO6/c1-13(12-24)23-18(25)10-9-15-5-7-16(8-6-15)11-17-14(2)19(26)21(28-3)22(29-4)20(17)27/h5-8,13,24H,9-12H2,1-4H3,(H,23,25). The van der Waals surface area contributed by atoms with Crippen LogP contribution in [0.2, 0.25) is 0 Å². The molecule has 7 nitrogen and oxygen atoms in total. The van der Waals surface area contributed by atoms with E-state index in [-0.39, 0.29) is 41.6 Å². The summed E-state index contributed by atoms with van der Waals surface area (Å²) >= 11 is 0. The minimum absolute atomic E-state index is 0.0668. The largest absolute Gasteiger partial charge is 0.489 e. The molecule has 0 fully saturated rings. The molecule has 0 radical (unpaired) electrons. The number of nitrogens with one attached hydrogen (secondary N) is 1. The number of ether oxygens (including phenoxy) is 2. The first-order valence-corrected chi connectivity index (χ1v) is 9.41.